The minimum absolute atomic E-state index is 0.103. The van der Waals surface area contributed by atoms with Crippen LogP contribution in [0.2, 0.25) is 5.02 Å². The fourth-order valence-corrected chi connectivity index (χ4v) is 6.11. The van der Waals surface area contributed by atoms with Crippen LogP contribution in [0.5, 0.6) is 0 Å². The molecule has 2 atom stereocenters. The van der Waals surface area contributed by atoms with Crippen molar-refractivity contribution in [2.75, 3.05) is 4.31 Å². The molecule has 0 radical (unpaired) electrons. The van der Waals surface area contributed by atoms with Crippen molar-refractivity contribution in [1.82, 2.24) is 5.32 Å². The number of alkyl halides is 3. The van der Waals surface area contributed by atoms with Crippen molar-refractivity contribution in [3.63, 3.8) is 0 Å². The van der Waals surface area contributed by atoms with E-state index in [1.165, 1.54) is 48.5 Å². The van der Waals surface area contributed by atoms with E-state index in [-0.39, 0.29) is 22.0 Å². The number of carbonyl (C=O) groups excluding carboxylic acids is 1. The molecule has 1 aliphatic rings. The van der Waals surface area contributed by atoms with E-state index in [1.807, 2.05) is 0 Å². The van der Waals surface area contributed by atoms with Crippen LogP contribution in [0.25, 0.3) is 11.1 Å². The maximum Gasteiger partial charge on any atom is 0.409 e. The molecule has 1 unspecified atom stereocenters. The number of carboxylic acids is 1. The average Bonchev–Trinajstić information content (AvgIpc) is 3.24. The molecular weight excluding hydrogens is 552 g/mol. The number of amides is 1. The first-order chi connectivity index (χ1) is 17.8. The highest BCUT2D eigenvalue weighted by Crippen LogP contribution is 2.38. The van der Waals surface area contributed by atoms with Crippen LogP contribution >= 0.6 is 11.6 Å². The van der Waals surface area contributed by atoms with Crippen LogP contribution in [0, 0.1) is 5.82 Å². The van der Waals surface area contributed by atoms with Crippen LogP contribution in [0.1, 0.15) is 12.0 Å². The SMILES string of the molecule is O=C(O)CC(NC(=O)[C@@H]1Cc2ccccc2N1S(=O)(=O)c1ccc(-c2ccc(F)cc2Cl)cc1)C(F)(F)F. The molecule has 0 saturated carbocycles. The molecule has 1 aliphatic heterocycles. The number of hydrogen-bond donors (Lipinski definition) is 2. The van der Waals surface area contributed by atoms with Gasteiger partial charge in [-0.25, -0.2) is 12.8 Å². The Morgan fingerprint density at radius 3 is 2.34 bits per heavy atom. The Morgan fingerprint density at radius 1 is 1.08 bits per heavy atom. The van der Waals surface area contributed by atoms with Gasteiger partial charge in [-0.15, -0.1) is 0 Å². The normalized spacial score (nSPS) is 16.1. The van der Waals surface area contributed by atoms with Gasteiger partial charge in [0.2, 0.25) is 5.91 Å². The summed E-state index contributed by atoms with van der Waals surface area (Å²) in [6.45, 7) is 0. The second kappa shape index (κ2) is 10.3. The van der Waals surface area contributed by atoms with Gasteiger partial charge in [-0.3, -0.25) is 13.9 Å². The third kappa shape index (κ3) is 5.46. The summed E-state index contributed by atoms with van der Waals surface area (Å²) in [5.41, 5.74) is 1.44. The predicted octanol–water partition coefficient (Wildman–Crippen LogP) is 4.79. The van der Waals surface area contributed by atoms with Crippen LogP contribution in [0.15, 0.2) is 71.6 Å². The number of benzene rings is 3. The van der Waals surface area contributed by atoms with Gasteiger partial charge in [-0.1, -0.05) is 41.9 Å². The highest BCUT2D eigenvalue weighted by Gasteiger charge is 2.47. The average molecular weight is 571 g/mol. The molecule has 2 N–H and O–H groups in total. The van der Waals surface area contributed by atoms with Crippen molar-refractivity contribution in [3.05, 3.63) is 83.1 Å². The molecule has 0 bridgehead atoms. The van der Waals surface area contributed by atoms with Crippen molar-refractivity contribution in [1.29, 1.82) is 0 Å². The molecule has 0 saturated heterocycles. The lowest BCUT2D eigenvalue weighted by Gasteiger charge is -2.28. The number of carbonyl (C=O) groups is 2. The van der Waals surface area contributed by atoms with Gasteiger partial charge in [0, 0.05) is 12.0 Å². The number of fused-ring (bicyclic) bond motifs is 1. The number of hydrogen-bond acceptors (Lipinski definition) is 4. The van der Waals surface area contributed by atoms with E-state index in [1.54, 1.807) is 17.4 Å². The van der Waals surface area contributed by atoms with E-state index in [4.69, 9.17) is 16.7 Å². The van der Waals surface area contributed by atoms with E-state index in [2.05, 4.69) is 0 Å². The van der Waals surface area contributed by atoms with Gasteiger partial charge in [0.05, 0.1) is 22.0 Å². The summed E-state index contributed by atoms with van der Waals surface area (Å²) >= 11 is 6.08. The van der Waals surface area contributed by atoms with Gasteiger partial charge in [0.1, 0.15) is 17.9 Å². The smallest absolute Gasteiger partial charge is 0.409 e. The van der Waals surface area contributed by atoms with Gasteiger partial charge in [0.15, 0.2) is 0 Å². The quantitative estimate of drug-likeness (QED) is 0.398. The van der Waals surface area contributed by atoms with E-state index in [0.717, 1.165) is 10.4 Å². The maximum atomic E-state index is 13.7. The summed E-state index contributed by atoms with van der Waals surface area (Å²) in [5.74, 6) is -3.62. The lowest BCUT2D eigenvalue weighted by atomic mass is 10.1. The van der Waals surface area contributed by atoms with Crippen LogP contribution in [0.3, 0.4) is 0 Å². The first-order valence-corrected chi connectivity index (χ1v) is 12.9. The summed E-state index contributed by atoms with van der Waals surface area (Å²) in [6, 6.07) is 10.8. The number of para-hydroxylation sites is 1. The van der Waals surface area contributed by atoms with Crippen molar-refractivity contribution in [2.45, 2.75) is 36.0 Å². The number of rotatable bonds is 7. The second-order valence-corrected chi connectivity index (χ2v) is 10.7. The van der Waals surface area contributed by atoms with Gasteiger partial charge in [-0.05, 0) is 47.5 Å². The highest BCUT2D eigenvalue weighted by atomic mass is 35.5. The molecule has 7 nitrogen and oxygen atoms in total. The highest BCUT2D eigenvalue weighted by molar-refractivity contribution is 7.93. The number of anilines is 1. The molecule has 3 aromatic rings. The van der Waals surface area contributed by atoms with Gasteiger partial charge >= 0.3 is 12.1 Å². The minimum atomic E-state index is -5.07. The molecule has 38 heavy (non-hydrogen) atoms. The molecule has 200 valence electrons. The van der Waals surface area contributed by atoms with Gasteiger partial charge in [-0.2, -0.15) is 13.2 Å². The van der Waals surface area contributed by atoms with Crippen LogP contribution in [0.4, 0.5) is 23.2 Å². The Bertz CT molecular complexity index is 1500. The molecule has 0 aliphatic carbocycles. The maximum absolute atomic E-state index is 13.7. The lowest BCUT2D eigenvalue weighted by molar-refractivity contribution is -0.170. The number of carboxylic acid groups (broad SMARTS) is 1. The fraction of sp³-hybridized carbons (Fsp3) is 0.200. The summed E-state index contributed by atoms with van der Waals surface area (Å²) in [6.07, 6.45) is -6.71. The Morgan fingerprint density at radius 2 is 1.74 bits per heavy atom. The largest absolute Gasteiger partial charge is 0.481 e. The zero-order chi connectivity index (χ0) is 27.8. The predicted molar refractivity (Wildman–Crippen MR) is 131 cm³/mol. The molecular formula is C25H19ClF4N2O5S. The first kappa shape index (κ1) is 27.4. The van der Waals surface area contributed by atoms with Crippen molar-refractivity contribution >= 4 is 39.2 Å². The van der Waals surface area contributed by atoms with Crippen molar-refractivity contribution in [2.24, 2.45) is 0 Å². The second-order valence-electron chi connectivity index (χ2n) is 8.50. The topological polar surface area (TPSA) is 104 Å². The molecule has 3 aromatic carbocycles. The van der Waals surface area contributed by atoms with E-state index < -0.39 is 52.4 Å². The first-order valence-electron chi connectivity index (χ1n) is 11.1. The number of halogens is 5. The zero-order valence-electron chi connectivity index (χ0n) is 19.2. The van der Waals surface area contributed by atoms with E-state index >= 15 is 0 Å². The molecule has 0 aromatic heterocycles. The molecule has 0 spiro atoms. The Hall–Kier alpha value is -3.64. The third-order valence-electron chi connectivity index (χ3n) is 5.97. The molecule has 1 heterocycles. The molecule has 4 rings (SSSR count). The number of aliphatic carboxylic acids is 1. The zero-order valence-corrected chi connectivity index (χ0v) is 20.8. The molecule has 13 heteroatoms. The number of nitrogens with one attached hydrogen (secondary N) is 1. The standard InChI is InChI=1S/C25H19ClF4N2O5S/c26-19-12-16(27)7-10-18(19)14-5-8-17(9-6-14)38(36,37)32-20-4-2-1-3-15(20)11-21(32)24(35)31-22(13-23(33)34)25(28,29)30/h1-10,12,21-22H,11,13H2,(H,31,35)(H,33,34)/t21-,22?/m0/s1. The van der Waals surface area contributed by atoms with E-state index in [0.29, 0.717) is 16.7 Å². The van der Waals surface area contributed by atoms with Crippen molar-refractivity contribution < 1.29 is 40.7 Å². The Labute approximate surface area is 219 Å². The monoisotopic (exact) mass is 570 g/mol. The fourth-order valence-electron chi connectivity index (χ4n) is 4.19. The summed E-state index contributed by atoms with van der Waals surface area (Å²) in [4.78, 5) is 23.7. The lowest BCUT2D eigenvalue weighted by Crippen LogP contribution is -2.54. The summed E-state index contributed by atoms with van der Waals surface area (Å²) < 4.78 is 81.6. The number of nitrogens with zero attached hydrogens (tertiary/aromatic N) is 1. The van der Waals surface area contributed by atoms with Gasteiger partial charge < -0.3 is 10.4 Å². The third-order valence-corrected chi connectivity index (χ3v) is 8.12. The summed E-state index contributed by atoms with van der Waals surface area (Å²) in [5, 5.41) is 10.6. The van der Waals surface area contributed by atoms with Gasteiger partial charge in [0.25, 0.3) is 10.0 Å². The van der Waals surface area contributed by atoms with Crippen molar-refractivity contribution in [3.8, 4) is 11.1 Å². The molecule has 0 fully saturated rings. The Balaban J connectivity index is 1.69. The Kier molecular flexibility index (Phi) is 7.39. The van der Waals surface area contributed by atoms with Crippen LogP contribution < -0.4 is 9.62 Å². The molecule has 1 amide bonds. The van der Waals surface area contributed by atoms with Crippen LogP contribution in [-0.4, -0.2) is 43.7 Å². The number of sulfonamides is 1. The van der Waals surface area contributed by atoms with E-state index in [9.17, 15) is 35.6 Å². The summed E-state index contributed by atoms with van der Waals surface area (Å²) in [7, 11) is -4.47. The van der Waals surface area contributed by atoms with Crippen LogP contribution in [-0.2, 0) is 26.0 Å². The minimum Gasteiger partial charge on any atom is -0.481 e.